The van der Waals surface area contributed by atoms with E-state index in [2.05, 4.69) is 24.8 Å². The number of unbranched alkanes of at least 4 members (excludes halogenated alkanes) is 2. The average Bonchev–Trinajstić information content (AvgIpc) is 3.26. The van der Waals surface area contributed by atoms with E-state index in [1.165, 1.54) is 0 Å². The number of halogens is 3. The van der Waals surface area contributed by atoms with Gasteiger partial charge in [-0.05, 0) is 43.1 Å². The van der Waals surface area contributed by atoms with E-state index in [0.29, 0.717) is 6.54 Å². The summed E-state index contributed by atoms with van der Waals surface area (Å²) in [6.07, 6.45) is 2.65. The molecule has 0 spiro atoms. The number of urea groups is 1. The highest BCUT2D eigenvalue weighted by Crippen LogP contribution is 2.30. The van der Waals surface area contributed by atoms with Crippen LogP contribution < -0.4 is 21.1 Å². The number of hydrogen-bond donors (Lipinski definition) is 4. The summed E-state index contributed by atoms with van der Waals surface area (Å²) < 4.78 is 37.4. The molecule has 38 heavy (non-hydrogen) atoms. The first-order valence-corrected chi connectivity index (χ1v) is 13.6. The molecule has 0 radical (unpaired) electrons. The van der Waals surface area contributed by atoms with Crippen LogP contribution in [-0.4, -0.2) is 90.2 Å². The number of β-amino-alcohol motifs (C(OH)–C–C–N with tert-alkyl or cyclic N) is 1. The van der Waals surface area contributed by atoms with Crippen molar-refractivity contribution in [2.24, 2.45) is 5.73 Å². The Balaban J connectivity index is 1.37. The number of amides is 3. The largest absolute Gasteiger partial charge is 0.476 e. The number of carbonyl (C=O) groups is 2. The second-order valence-corrected chi connectivity index (χ2v) is 10.1. The molecule has 3 amide bonds. The van der Waals surface area contributed by atoms with Crippen molar-refractivity contribution < 1.29 is 28.2 Å². The predicted molar refractivity (Wildman–Crippen MR) is 142 cm³/mol. The zero-order valence-corrected chi connectivity index (χ0v) is 22.6. The number of ether oxygens (including phenoxy) is 1. The number of nitrogens with one attached hydrogen (secondary N) is 2. The lowest BCUT2D eigenvalue weighted by Crippen LogP contribution is -2.47. The van der Waals surface area contributed by atoms with Gasteiger partial charge in [0.2, 0.25) is 5.88 Å². The van der Waals surface area contributed by atoms with Crippen LogP contribution >= 0.6 is 23.1 Å². The van der Waals surface area contributed by atoms with Crippen LogP contribution in [0.2, 0.25) is 5.02 Å². The molecule has 10 nitrogen and oxygen atoms in total. The number of nitrogens with two attached hydrogens (primary N) is 1. The molecule has 1 aliphatic rings. The second-order valence-electron chi connectivity index (χ2n) is 8.85. The van der Waals surface area contributed by atoms with E-state index in [9.17, 15) is 18.4 Å². The molecule has 2 aromatic rings. The van der Waals surface area contributed by atoms with Gasteiger partial charge in [0.25, 0.3) is 5.91 Å². The summed E-state index contributed by atoms with van der Waals surface area (Å²) in [5, 5.41) is 14.4. The van der Waals surface area contributed by atoms with Crippen molar-refractivity contribution in [2.75, 3.05) is 64.3 Å². The lowest BCUT2D eigenvalue weighted by atomic mass is 10.1. The van der Waals surface area contributed by atoms with E-state index >= 15 is 0 Å². The fourth-order valence-electron chi connectivity index (χ4n) is 4.10. The Morgan fingerprint density at radius 3 is 2.39 bits per heavy atom. The number of piperazine rings is 1. The molecule has 1 aliphatic heterocycles. The SMILES string of the molecule is NC(=O)c1c(OCCc2c(F)cc(Cl)cc2F)nsc1NC(=O)NCCCCCN1CCN(CCO)CC1. The fourth-order valence-corrected chi connectivity index (χ4v) is 5.03. The van der Waals surface area contributed by atoms with Crippen molar-refractivity contribution >= 4 is 40.1 Å². The van der Waals surface area contributed by atoms with E-state index in [1.807, 2.05) is 0 Å². The van der Waals surface area contributed by atoms with Gasteiger partial charge in [-0.1, -0.05) is 18.0 Å². The lowest BCUT2D eigenvalue weighted by molar-refractivity contribution is 0.0997. The molecule has 1 aromatic carbocycles. The molecule has 1 fully saturated rings. The Morgan fingerprint density at radius 2 is 1.76 bits per heavy atom. The molecule has 1 saturated heterocycles. The van der Waals surface area contributed by atoms with Gasteiger partial charge in [0.05, 0.1) is 13.2 Å². The third-order valence-corrected chi connectivity index (χ3v) is 7.11. The van der Waals surface area contributed by atoms with E-state index in [0.717, 1.165) is 82.2 Å². The molecule has 1 aromatic heterocycles. The number of hydrogen-bond acceptors (Lipinski definition) is 8. The third kappa shape index (κ3) is 9.02. The Bertz CT molecular complexity index is 1060. The fraction of sp³-hybridized carbons (Fsp3) is 0.542. The highest BCUT2D eigenvalue weighted by molar-refractivity contribution is 7.11. The van der Waals surface area contributed by atoms with Gasteiger partial charge in [0.15, 0.2) is 0 Å². The van der Waals surface area contributed by atoms with E-state index < -0.39 is 23.6 Å². The topological polar surface area (TPSA) is 133 Å². The summed E-state index contributed by atoms with van der Waals surface area (Å²) in [6, 6.07) is 1.50. The number of rotatable bonds is 14. The van der Waals surface area contributed by atoms with Crippen LogP contribution in [-0.2, 0) is 6.42 Å². The zero-order chi connectivity index (χ0) is 27.5. The minimum absolute atomic E-state index is 0.0568. The van der Waals surface area contributed by atoms with Crippen molar-refractivity contribution in [3.8, 4) is 5.88 Å². The highest BCUT2D eigenvalue weighted by atomic mass is 35.5. The number of aliphatic hydroxyl groups excluding tert-OH is 1. The van der Waals surface area contributed by atoms with Crippen LogP contribution in [0.1, 0.15) is 35.2 Å². The van der Waals surface area contributed by atoms with Gasteiger partial charge in [0, 0.05) is 56.3 Å². The highest BCUT2D eigenvalue weighted by Gasteiger charge is 2.22. The maximum atomic E-state index is 14.0. The van der Waals surface area contributed by atoms with Crippen LogP contribution in [0, 0.1) is 11.6 Å². The zero-order valence-electron chi connectivity index (χ0n) is 21.0. The van der Waals surface area contributed by atoms with E-state index in [1.54, 1.807) is 0 Å². The van der Waals surface area contributed by atoms with Crippen molar-refractivity contribution in [1.82, 2.24) is 19.5 Å². The Labute approximate surface area is 229 Å². The first kappa shape index (κ1) is 30.0. The normalized spacial score (nSPS) is 14.4. The number of nitrogens with zero attached hydrogens (tertiary/aromatic N) is 3. The lowest BCUT2D eigenvalue weighted by Gasteiger charge is -2.34. The van der Waals surface area contributed by atoms with Crippen molar-refractivity contribution in [1.29, 1.82) is 0 Å². The molecule has 210 valence electrons. The number of anilines is 1. The van der Waals surface area contributed by atoms with Gasteiger partial charge in [-0.2, -0.15) is 4.37 Å². The van der Waals surface area contributed by atoms with Crippen molar-refractivity contribution in [3.05, 3.63) is 39.9 Å². The van der Waals surface area contributed by atoms with Gasteiger partial charge in [-0.3, -0.25) is 15.0 Å². The molecule has 0 aliphatic carbocycles. The van der Waals surface area contributed by atoms with Crippen LogP contribution in [0.25, 0.3) is 0 Å². The Kier molecular flexibility index (Phi) is 11.9. The van der Waals surface area contributed by atoms with E-state index in [4.69, 9.17) is 27.2 Å². The smallest absolute Gasteiger partial charge is 0.319 e. The maximum absolute atomic E-state index is 14.0. The summed E-state index contributed by atoms with van der Waals surface area (Å²) in [5.74, 6) is -2.58. The van der Waals surface area contributed by atoms with Gasteiger partial charge < -0.3 is 25.8 Å². The number of aromatic nitrogens is 1. The summed E-state index contributed by atoms with van der Waals surface area (Å²) in [7, 11) is 0. The third-order valence-electron chi connectivity index (χ3n) is 6.15. The minimum atomic E-state index is -0.856. The van der Waals surface area contributed by atoms with Crippen molar-refractivity contribution in [2.45, 2.75) is 25.7 Å². The summed E-state index contributed by atoms with van der Waals surface area (Å²) in [5.41, 5.74) is 5.13. The summed E-state index contributed by atoms with van der Waals surface area (Å²) in [6.45, 7) is 6.15. The van der Waals surface area contributed by atoms with Crippen molar-refractivity contribution in [3.63, 3.8) is 0 Å². The summed E-state index contributed by atoms with van der Waals surface area (Å²) >= 11 is 6.45. The molecule has 0 bridgehead atoms. The molecule has 2 heterocycles. The molecule has 0 unspecified atom stereocenters. The number of benzene rings is 1. The van der Waals surface area contributed by atoms with Crippen LogP contribution in [0.3, 0.4) is 0 Å². The van der Waals surface area contributed by atoms with Gasteiger partial charge >= 0.3 is 6.03 Å². The first-order chi connectivity index (χ1) is 18.3. The standard InChI is InChI=1S/C24H33ClF2N6O4S/c25-16-14-18(26)17(19(27)15-16)4-13-37-22-20(21(28)35)23(38-31-22)30-24(36)29-5-2-1-3-6-32-7-9-33(10-8-32)11-12-34/h14-15,34H,1-13H2,(H2,28,35)(H2,29,30,36). The van der Waals surface area contributed by atoms with Gasteiger partial charge in [-0.15, -0.1) is 0 Å². The molecule has 14 heteroatoms. The summed E-state index contributed by atoms with van der Waals surface area (Å²) in [4.78, 5) is 28.9. The quantitative estimate of drug-likeness (QED) is 0.255. The average molecular weight is 575 g/mol. The van der Waals surface area contributed by atoms with Gasteiger partial charge in [0.1, 0.15) is 22.2 Å². The maximum Gasteiger partial charge on any atom is 0.319 e. The molecular formula is C24H33ClF2N6O4S. The minimum Gasteiger partial charge on any atom is -0.476 e. The number of carbonyl (C=O) groups excluding carboxylic acids is 2. The van der Waals surface area contributed by atoms with Gasteiger partial charge in [-0.25, -0.2) is 13.6 Å². The van der Waals surface area contributed by atoms with E-state index in [-0.39, 0.29) is 46.7 Å². The number of aliphatic hydroxyl groups is 1. The first-order valence-electron chi connectivity index (χ1n) is 12.4. The molecule has 0 saturated carbocycles. The predicted octanol–water partition coefficient (Wildman–Crippen LogP) is 2.70. The molecule has 5 N–H and O–H groups in total. The second kappa shape index (κ2) is 15.1. The Morgan fingerprint density at radius 1 is 1.11 bits per heavy atom. The molecule has 3 rings (SSSR count). The monoisotopic (exact) mass is 574 g/mol. The molecular weight excluding hydrogens is 542 g/mol. The van der Waals surface area contributed by atoms with Crippen LogP contribution in [0.4, 0.5) is 18.6 Å². The number of primary amides is 1. The van der Waals surface area contributed by atoms with Crippen LogP contribution in [0.5, 0.6) is 5.88 Å². The van der Waals surface area contributed by atoms with Crippen LogP contribution in [0.15, 0.2) is 12.1 Å². The Hall–Kier alpha value is -2.58. The molecule has 0 atom stereocenters.